The third-order valence-corrected chi connectivity index (χ3v) is 3.85. The molecule has 1 amide bonds. The predicted molar refractivity (Wildman–Crippen MR) is 77.1 cm³/mol. The first-order valence-electron chi connectivity index (χ1n) is 6.39. The van der Waals surface area contributed by atoms with Crippen LogP contribution in [-0.2, 0) is 4.79 Å². The molecule has 0 spiro atoms. The van der Waals surface area contributed by atoms with Crippen molar-refractivity contribution >= 4 is 28.9 Å². The first-order chi connectivity index (χ1) is 9.72. The Hall–Kier alpha value is -2.14. The Balaban J connectivity index is 1.61. The van der Waals surface area contributed by atoms with Crippen LogP contribution in [0.4, 0.5) is 5.69 Å². The summed E-state index contributed by atoms with van der Waals surface area (Å²) in [5.41, 5.74) is 0.676. The molecular formula is C15H13NO3S. The van der Waals surface area contributed by atoms with Crippen molar-refractivity contribution in [2.45, 2.75) is 12.8 Å². The summed E-state index contributed by atoms with van der Waals surface area (Å²) < 4.78 is 5.22. The number of amides is 1. The normalized spacial score (nSPS) is 13.8. The van der Waals surface area contributed by atoms with Crippen LogP contribution in [0.2, 0.25) is 0 Å². The van der Waals surface area contributed by atoms with Gasteiger partial charge in [0, 0.05) is 5.69 Å². The Morgan fingerprint density at radius 3 is 2.50 bits per heavy atom. The SMILES string of the molecule is O=C(Nc1ccc(OC(=O)C2CC2)cc1)c1cccs1. The maximum atomic E-state index is 11.8. The molecule has 1 N–H and O–H groups in total. The van der Waals surface area contributed by atoms with Gasteiger partial charge in [-0.05, 0) is 48.6 Å². The van der Waals surface area contributed by atoms with Crippen LogP contribution in [0.25, 0.3) is 0 Å². The smallest absolute Gasteiger partial charge is 0.314 e. The molecule has 3 rings (SSSR count). The average Bonchev–Trinajstić information content (AvgIpc) is 3.16. The zero-order chi connectivity index (χ0) is 13.9. The molecule has 0 saturated heterocycles. The van der Waals surface area contributed by atoms with Gasteiger partial charge in [0.25, 0.3) is 5.91 Å². The van der Waals surface area contributed by atoms with Crippen molar-refractivity contribution in [1.82, 2.24) is 0 Å². The second kappa shape index (κ2) is 5.46. The third kappa shape index (κ3) is 3.05. The van der Waals surface area contributed by atoms with E-state index in [1.54, 1.807) is 30.3 Å². The van der Waals surface area contributed by atoms with Crippen molar-refractivity contribution < 1.29 is 14.3 Å². The summed E-state index contributed by atoms with van der Waals surface area (Å²) in [7, 11) is 0. The number of esters is 1. The van der Waals surface area contributed by atoms with Gasteiger partial charge in [-0.3, -0.25) is 9.59 Å². The summed E-state index contributed by atoms with van der Waals surface area (Å²) >= 11 is 1.39. The van der Waals surface area contributed by atoms with Crippen molar-refractivity contribution in [3.05, 3.63) is 46.7 Å². The summed E-state index contributed by atoms with van der Waals surface area (Å²) in [5.74, 6) is 0.285. The number of hydrogen-bond donors (Lipinski definition) is 1. The maximum Gasteiger partial charge on any atom is 0.314 e. The summed E-state index contributed by atoms with van der Waals surface area (Å²) in [6.45, 7) is 0. The van der Waals surface area contributed by atoms with Crippen molar-refractivity contribution in [1.29, 1.82) is 0 Å². The number of carbonyl (C=O) groups excluding carboxylic acids is 2. The number of hydrogen-bond acceptors (Lipinski definition) is 4. The highest BCUT2D eigenvalue weighted by molar-refractivity contribution is 7.12. The molecule has 1 heterocycles. The van der Waals surface area contributed by atoms with Gasteiger partial charge in [0.2, 0.25) is 0 Å². The average molecular weight is 287 g/mol. The maximum absolute atomic E-state index is 11.8. The molecule has 4 nitrogen and oxygen atoms in total. The standard InChI is InChI=1S/C15H13NO3S/c17-14(13-2-1-9-20-13)16-11-5-7-12(8-6-11)19-15(18)10-3-4-10/h1-2,5-10H,3-4H2,(H,16,17). The molecule has 102 valence electrons. The first kappa shape index (κ1) is 12.9. The Kier molecular flexibility index (Phi) is 3.52. The third-order valence-electron chi connectivity index (χ3n) is 2.99. The molecule has 0 aliphatic heterocycles. The molecule has 2 aromatic rings. The fourth-order valence-corrected chi connectivity index (χ4v) is 2.34. The minimum Gasteiger partial charge on any atom is -0.426 e. The highest BCUT2D eigenvalue weighted by atomic mass is 32.1. The second-order valence-electron chi connectivity index (χ2n) is 4.65. The van der Waals surface area contributed by atoms with Crippen LogP contribution in [0.15, 0.2) is 41.8 Å². The first-order valence-corrected chi connectivity index (χ1v) is 7.27. The van der Waals surface area contributed by atoms with Gasteiger partial charge in [0.1, 0.15) is 5.75 Å². The molecule has 1 aromatic heterocycles. The van der Waals surface area contributed by atoms with E-state index >= 15 is 0 Å². The molecule has 0 radical (unpaired) electrons. The molecule has 5 heteroatoms. The molecular weight excluding hydrogens is 274 g/mol. The molecule has 1 aromatic carbocycles. The Morgan fingerprint density at radius 2 is 1.90 bits per heavy atom. The van der Waals surface area contributed by atoms with Crippen LogP contribution >= 0.6 is 11.3 Å². The number of anilines is 1. The van der Waals surface area contributed by atoms with E-state index in [1.807, 2.05) is 11.4 Å². The number of benzene rings is 1. The largest absolute Gasteiger partial charge is 0.426 e. The van der Waals surface area contributed by atoms with Gasteiger partial charge in [0.05, 0.1) is 10.8 Å². The van der Waals surface area contributed by atoms with Gasteiger partial charge >= 0.3 is 5.97 Å². The number of ether oxygens (including phenoxy) is 1. The molecule has 0 unspecified atom stereocenters. The number of carbonyl (C=O) groups is 2. The zero-order valence-electron chi connectivity index (χ0n) is 10.7. The number of rotatable bonds is 4. The van der Waals surface area contributed by atoms with Crippen molar-refractivity contribution in [2.75, 3.05) is 5.32 Å². The summed E-state index contributed by atoms with van der Waals surface area (Å²) in [6.07, 6.45) is 1.85. The van der Waals surface area contributed by atoms with Gasteiger partial charge < -0.3 is 10.1 Å². The topological polar surface area (TPSA) is 55.4 Å². The molecule has 1 saturated carbocycles. The van der Waals surface area contributed by atoms with Gasteiger partial charge in [-0.1, -0.05) is 6.07 Å². The molecule has 20 heavy (non-hydrogen) atoms. The highest BCUT2D eigenvalue weighted by Crippen LogP contribution is 2.31. The second-order valence-corrected chi connectivity index (χ2v) is 5.60. The monoisotopic (exact) mass is 287 g/mol. The van der Waals surface area contributed by atoms with E-state index in [1.165, 1.54) is 11.3 Å². The molecule has 1 fully saturated rings. The minimum atomic E-state index is -0.166. The highest BCUT2D eigenvalue weighted by Gasteiger charge is 2.31. The van der Waals surface area contributed by atoms with Gasteiger partial charge in [-0.2, -0.15) is 0 Å². The van der Waals surface area contributed by atoms with Gasteiger partial charge in [-0.25, -0.2) is 0 Å². The lowest BCUT2D eigenvalue weighted by molar-refractivity contribution is -0.135. The van der Waals surface area contributed by atoms with Crippen LogP contribution in [-0.4, -0.2) is 11.9 Å². The molecule has 0 bridgehead atoms. The summed E-state index contributed by atoms with van der Waals surface area (Å²) in [4.78, 5) is 24.0. The van der Waals surface area contributed by atoms with E-state index in [-0.39, 0.29) is 17.8 Å². The quantitative estimate of drug-likeness (QED) is 0.693. The van der Waals surface area contributed by atoms with Crippen molar-refractivity contribution in [3.63, 3.8) is 0 Å². The van der Waals surface area contributed by atoms with Crippen LogP contribution < -0.4 is 10.1 Å². The predicted octanol–water partition coefficient (Wildman–Crippen LogP) is 3.32. The van der Waals surface area contributed by atoms with E-state index in [0.717, 1.165) is 12.8 Å². The van der Waals surface area contributed by atoms with Crippen molar-refractivity contribution in [3.8, 4) is 5.75 Å². The van der Waals surface area contributed by atoms with Crippen molar-refractivity contribution in [2.24, 2.45) is 5.92 Å². The van der Waals surface area contributed by atoms with Crippen LogP contribution in [0, 0.1) is 5.92 Å². The summed E-state index contributed by atoms with van der Waals surface area (Å²) in [5, 5.41) is 4.65. The lowest BCUT2D eigenvalue weighted by Crippen LogP contribution is -2.11. The minimum absolute atomic E-state index is 0.0770. The zero-order valence-corrected chi connectivity index (χ0v) is 11.5. The van der Waals surface area contributed by atoms with E-state index in [0.29, 0.717) is 16.3 Å². The Morgan fingerprint density at radius 1 is 1.15 bits per heavy atom. The molecule has 1 aliphatic carbocycles. The number of thiophene rings is 1. The fraction of sp³-hybridized carbons (Fsp3) is 0.200. The Bertz CT molecular complexity index is 615. The van der Waals surface area contributed by atoms with E-state index < -0.39 is 0 Å². The lowest BCUT2D eigenvalue weighted by atomic mass is 10.3. The molecule has 0 atom stereocenters. The molecule has 1 aliphatic rings. The van der Waals surface area contributed by atoms with Gasteiger partial charge in [-0.15, -0.1) is 11.3 Å². The van der Waals surface area contributed by atoms with E-state index in [4.69, 9.17) is 4.74 Å². The Labute approximate surface area is 120 Å². The van der Waals surface area contributed by atoms with Crippen LogP contribution in [0.5, 0.6) is 5.75 Å². The van der Waals surface area contributed by atoms with Crippen LogP contribution in [0.3, 0.4) is 0 Å². The van der Waals surface area contributed by atoms with E-state index in [2.05, 4.69) is 5.32 Å². The van der Waals surface area contributed by atoms with Gasteiger partial charge in [0.15, 0.2) is 0 Å². The van der Waals surface area contributed by atoms with Crippen LogP contribution in [0.1, 0.15) is 22.5 Å². The summed E-state index contributed by atoms with van der Waals surface area (Å²) in [6, 6.07) is 10.4. The lowest BCUT2D eigenvalue weighted by Gasteiger charge is -2.06. The number of nitrogens with one attached hydrogen (secondary N) is 1. The van der Waals surface area contributed by atoms with E-state index in [9.17, 15) is 9.59 Å². The fourth-order valence-electron chi connectivity index (χ4n) is 1.73.